The van der Waals surface area contributed by atoms with E-state index in [9.17, 15) is 0 Å². The van der Waals surface area contributed by atoms with Gasteiger partial charge in [0.25, 0.3) is 0 Å². The quantitative estimate of drug-likeness (QED) is 0.302. The monoisotopic (exact) mass is 544 g/mol. The molecular weight excluding hydrogens is 493 g/mol. The average molecular weight is 545 g/mol. The molecule has 0 bridgehead atoms. The van der Waals surface area contributed by atoms with E-state index in [1.165, 1.54) is 0 Å². The molecule has 0 aromatic rings. The second-order valence-corrected chi connectivity index (χ2v) is 37.1. The second-order valence-electron chi connectivity index (χ2n) is 12.2. The van der Waals surface area contributed by atoms with E-state index in [1.807, 2.05) is 0 Å². The third-order valence-electron chi connectivity index (χ3n) is 3.87. The van der Waals surface area contributed by atoms with Gasteiger partial charge in [-0.3, -0.25) is 0 Å². The summed E-state index contributed by atoms with van der Waals surface area (Å²) in [7, 11) is -15.2. The highest BCUT2D eigenvalue weighted by Crippen LogP contribution is 2.34. The summed E-state index contributed by atoms with van der Waals surface area (Å²) in [5.41, 5.74) is 12.8. The van der Waals surface area contributed by atoms with Crippen LogP contribution in [-0.4, -0.2) is 62.2 Å². The molecule has 31 heavy (non-hydrogen) atoms. The third kappa shape index (κ3) is 11.8. The van der Waals surface area contributed by atoms with Gasteiger partial charge < -0.3 is 32.0 Å². The van der Waals surface area contributed by atoms with Crippen LogP contribution in [-0.2, 0) is 20.6 Å². The topological polar surface area (TPSA) is 98.2 Å². The van der Waals surface area contributed by atoms with Gasteiger partial charge in [-0.25, -0.2) is 0 Å². The van der Waals surface area contributed by atoms with E-state index in [0.29, 0.717) is 12.8 Å². The Balaban J connectivity index is 6.94. The van der Waals surface area contributed by atoms with Crippen molar-refractivity contribution in [2.75, 3.05) is 0 Å². The second kappa shape index (κ2) is 11.2. The Morgan fingerprint density at radius 3 is 0.774 bits per heavy atom. The first kappa shape index (κ1) is 32.0. The number of nitrogens with two attached hydrogens (primary N) is 2. The lowest BCUT2D eigenvalue weighted by Gasteiger charge is -2.50. The normalized spacial score (nSPS) is 17.0. The molecule has 2 atom stereocenters. The van der Waals surface area contributed by atoms with E-state index in [0.717, 1.165) is 0 Å². The molecule has 0 aliphatic heterocycles. The SMILES string of the molecule is CCC(N)[Si](O[Si](C)(C)C)(O[Si](C)(C)C)O[Si](O[Si](C)(C)C)(O[Si](C)(C)C)C(N)CC. The molecule has 0 saturated carbocycles. The van der Waals surface area contributed by atoms with Gasteiger partial charge in [-0.2, -0.15) is 0 Å². The van der Waals surface area contributed by atoms with Crippen LogP contribution < -0.4 is 11.5 Å². The Bertz CT molecular complexity index is 478. The van der Waals surface area contributed by atoms with Gasteiger partial charge in [-0.1, -0.05) is 13.8 Å². The van der Waals surface area contributed by atoms with Crippen LogP contribution in [0.15, 0.2) is 0 Å². The molecule has 7 nitrogen and oxygen atoms in total. The van der Waals surface area contributed by atoms with Crippen LogP contribution in [0.25, 0.3) is 0 Å². The fourth-order valence-electron chi connectivity index (χ4n) is 2.98. The standard InChI is InChI=1S/C18H52N2O5Si6/c1-15-17(19)30(21-26(3,4)5,22-27(6,7)8)25-31(18(20)16-2,23-28(9,10)11)24-29(12,13)14/h17-18H,15-16,19-20H2,1-14H3. The van der Waals surface area contributed by atoms with Crippen LogP contribution in [0, 0.1) is 0 Å². The van der Waals surface area contributed by atoms with Crippen molar-refractivity contribution < 1.29 is 20.6 Å². The fourth-order valence-corrected chi connectivity index (χ4v) is 26.1. The van der Waals surface area contributed by atoms with Crippen molar-refractivity contribution in [1.82, 2.24) is 0 Å². The molecule has 13 heteroatoms. The summed E-state index contributed by atoms with van der Waals surface area (Å²) in [4.78, 5) is 0. The Morgan fingerprint density at radius 2 is 0.645 bits per heavy atom. The molecule has 0 aromatic heterocycles. The largest absolute Gasteiger partial charge is 0.490 e. The van der Waals surface area contributed by atoms with E-state index >= 15 is 0 Å². The first-order chi connectivity index (χ1) is 13.5. The van der Waals surface area contributed by atoms with E-state index in [1.54, 1.807) is 0 Å². The lowest BCUT2D eigenvalue weighted by Crippen LogP contribution is -2.76. The Kier molecular flexibility index (Phi) is 11.5. The summed E-state index contributed by atoms with van der Waals surface area (Å²) in [6.45, 7) is 29.9. The summed E-state index contributed by atoms with van der Waals surface area (Å²) in [6.07, 6.45) is 1.37. The van der Waals surface area contributed by atoms with Crippen LogP contribution in [0.1, 0.15) is 26.7 Å². The first-order valence-corrected chi connectivity index (χ1v) is 28.8. The molecule has 2 unspecified atom stereocenters. The number of rotatable bonds is 14. The Hall–Kier alpha value is 1.02. The predicted octanol–water partition coefficient (Wildman–Crippen LogP) is 4.84. The molecule has 0 aliphatic rings. The van der Waals surface area contributed by atoms with E-state index in [4.69, 9.17) is 32.0 Å². The predicted molar refractivity (Wildman–Crippen MR) is 147 cm³/mol. The van der Waals surface area contributed by atoms with Crippen molar-refractivity contribution in [1.29, 1.82) is 0 Å². The summed E-state index contributed by atoms with van der Waals surface area (Å²) in [6, 6.07) is 0. The maximum atomic E-state index is 7.11. The Morgan fingerprint density at radius 1 is 0.452 bits per heavy atom. The highest BCUT2D eigenvalue weighted by Gasteiger charge is 2.63. The van der Waals surface area contributed by atoms with Crippen molar-refractivity contribution in [3.63, 3.8) is 0 Å². The smallest absolute Gasteiger partial charge is 0.416 e. The van der Waals surface area contributed by atoms with E-state index in [-0.39, 0.29) is 11.3 Å². The average Bonchev–Trinajstić information content (AvgIpc) is 2.45. The lowest BCUT2D eigenvalue weighted by molar-refractivity contribution is 0.155. The minimum Gasteiger partial charge on any atom is -0.416 e. The minimum absolute atomic E-state index is 0.364. The molecule has 0 saturated heterocycles. The van der Waals surface area contributed by atoms with Gasteiger partial charge in [0.05, 0.1) is 11.3 Å². The third-order valence-corrected chi connectivity index (χ3v) is 23.1. The van der Waals surface area contributed by atoms with E-state index in [2.05, 4.69) is 92.4 Å². The molecule has 0 amide bonds. The molecule has 0 heterocycles. The van der Waals surface area contributed by atoms with Crippen molar-refractivity contribution >= 4 is 50.9 Å². The van der Waals surface area contributed by atoms with Gasteiger partial charge in [0.2, 0.25) is 0 Å². The van der Waals surface area contributed by atoms with Crippen LogP contribution in [0.2, 0.25) is 78.6 Å². The maximum absolute atomic E-state index is 7.11. The minimum atomic E-state index is -3.41. The van der Waals surface area contributed by atoms with Gasteiger partial charge in [-0.05, 0) is 91.4 Å². The van der Waals surface area contributed by atoms with Crippen LogP contribution in [0.4, 0.5) is 0 Å². The lowest BCUT2D eigenvalue weighted by atomic mass is 10.5. The highest BCUT2D eigenvalue weighted by molar-refractivity contribution is 6.93. The summed E-state index contributed by atoms with van der Waals surface area (Å²) in [5.74, 6) is 0. The molecule has 0 rings (SSSR count). The molecule has 0 radical (unpaired) electrons. The zero-order valence-electron chi connectivity index (χ0n) is 22.8. The van der Waals surface area contributed by atoms with Crippen molar-refractivity contribution in [3.05, 3.63) is 0 Å². The summed E-state index contributed by atoms with van der Waals surface area (Å²) >= 11 is 0. The number of hydrogen-bond acceptors (Lipinski definition) is 7. The molecular formula is C18H52N2O5Si6. The molecule has 4 N–H and O–H groups in total. The fraction of sp³-hybridized carbons (Fsp3) is 1.00. The maximum Gasteiger partial charge on any atom is 0.490 e. The van der Waals surface area contributed by atoms with Gasteiger partial charge >= 0.3 is 17.6 Å². The summed E-state index contributed by atoms with van der Waals surface area (Å²) < 4.78 is 34.4. The van der Waals surface area contributed by atoms with Gasteiger partial charge in [-0.15, -0.1) is 0 Å². The van der Waals surface area contributed by atoms with Crippen LogP contribution in [0.3, 0.4) is 0 Å². The highest BCUT2D eigenvalue weighted by atomic mass is 28.5. The van der Waals surface area contributed by atoms with Gasteiger partial charge in [0.15, 0.2) is 33.3 Å². The molecule has 0 spiro atoms. The Labute approximate surface area is 199 Å². The van der Waals surface area contributed by atoms with Crippen molar-refractivity contribution in [2.24, 2.45) is 11.5 Å². The van der Waals surface area contributed by atoms with Crippen LogP contribution in [0.5, 0.6) is 0 Å². The number of hydrogen-bond donors (Lipinski definition) is 2. The van der Waals surface area contributed by atoms with E-state index < -0.39 is 50.9 Å². The molecule has 0 aliphatic carbocycles. The molecule has 188 valence electrons. The van der Waals surface area contributed by atoms with Gasteiger partial charge in [0, 0.05) is 0 Å². The van der Waals surface area contributed by atoms with Crippen LogP contribution >= 0.6 is 0 Å². The van der Waals surface area contributed by atoms with Crippen molar-refractivity contribution in [2.45, 2.75) is 117 Å². The van der Waals surface area contributed by atoms with Gasteiger partial charge in [0.1, 0.15) is 0 Å². The first-order valence-electron chi connectivity index (χ1n) is 11.5. The zero-order valence-corrected chi connectivity index (χ0v) is 28.8. The zero-order chi connectivity index (χ0) is 25.1. The van der Waals surface area contributed by atoms with Crippen molar-refractivity contribution in [3.8, 4) is 0 Å². The molecule has 0 fully saturated rings. The summed E-state index contributed by atoms with van der Waals surface area (Å²) in [5, 5.41) is 0. The molecule has 0 aromatic carbocycles.